The summed E-state index contributed by atoms with van der Waals surface area (Å²) in [5.74, 6) is -0.240. The first kappa shape index (κ1) is 30.4. The minimum atomic E-state index is -4.45. The van der Waals surface area contributed by atoms with E-state index in [9.17, 15) is 18.1 Å². The molecule has 4 aromatic rings. The lowest BCUT2D eigenvalue weighted by Gasteiger charge is -2.25. The van der Waals surface area contributed by atoms with Crippen molar-refractivity contribution in [3.63, 3.8) is 0 Å². The van der Waals surface area contributed by atoms with Crippen LogP contribution in [0, 0.1) is 0 Å². The Morgan fingerprint density at radius 2 is 1.71 bits per heavy atom. The van der Waals surface area contributed by atoms with Crippen LogP contribution in [0.15, 0.2) is 23.8 Å². The van der Waals surface area contributed by atoms with E-state index >= 15 is 8.78 Å². The minimum Gasteiger partial charge on any atom is -0.382 e. The first-order valence-electron chi connectivity index (χ1n) is 13.4. The van der Waals surface area contributed by atoms with Gasteiger partial charge >= 0.3 is 6.72 Å². The van der Waals surface area contributed by atoms with Gasteiger partial charge in [-0.25, -0.2) is 37.1 Å². The van der Waals surface area contributed by atoms with E-state index in [1.807, 2.05) is 0 Å². The lowest BCUT2D eigenvalue weighted by molar-refractivity contribution is -0.0369. The Morgan fingerprint density at radius 3 is 2.47 bits per heavy atom. The van der Waals surface area contributed by atoms with Gasteiger partial charge in [-0.15, -0.1) is 0 Å². The second-order valence-electron chi connectivity index (χ2n) is 10.8. The number of nitrogens with zero attached hydrogens (tertiary/aromatic N) is 7. The van der Waals surface area contributed by atoms with E-state index in [4.69, 9.17) is 41.8 Å². The van der Waals surface area contributed by atoms with Crippen LogP contribution in [0.25, 0.3) is 22.3 Å². The van der Waals surface area contributed by atoms with Crippen LogP contribution in [0.5, 0.6) is 0 Å². The van der Waals surface area contributed by atoms with Crippen LogP contribution in [0.1, 0.15) is 25.8 Å². The molecule has 3 aliphatic heterocycles. The molecule has 23 heteroatoms. The first-order chi connectivity index (χ1) is 21.3. The molecule has 0 saturated carbocycles. The zero-order chi connectivity index (χ0) is 32.0. The second-order valence-corrected chi connectivity index (χ2v) is 16.1. The second kappa shape index (κ2) is 10.7. The van der Waals surface area contributed by atoms with E-state index in [0.717, 1.165) is 17.2 Å². The van der Waals surface area contributed by atoms with Gasteiger partial charge in [-0.3, -0.25) is 23.4 Å². The number of anilines is 2. The number of aromatic amines is 1. The third-order valence-corrected chi connectivity index (χ3v) is 12.3. The SMILES string of the molecule is CC1C[C@H]2O[C@@H](n3cnc4c(N)ncnc43)[C@H](F)[C@@H]2OP(O)(=S)OC[C@H]2O[C@@H](n3cnc4c(=O)[nH]c(N)nc43)[C@H](F)[C@@H]2S1(=O)=O. The molecule has 3 fully saturated rings. The number of nitrogen functional groups attached to an aromatic ring is 2. The molecule has 3 aliphatic rings. The van der Waals surface area contributed by atoms with E-state index < -0.39 is 82.3 Å². The van der Waals surface area contributed by atoms with E-state index in [1.54, 1.807) is 0 Å². The number of alkyl halides is 2. The van der Waals surface area contributed by atoms with Gasteiger partial charge in [-0.2, -0.15) is 4.98 Å². The van der Waals surface area contributed by atoms with Gasteiger partial charge in [0, 0.05) is 0 Å². The number of hydrogen-bond donors (Lipinski definition) is 4. The number of rotatable bonds is 2. The van der Waals surface area contributed by atoms with Gasteiger partial charge in [-0.1, -0.05) is 0 Å². The maximum absolute atomic E-state index is 16.3. The lowest BCUT2D eigenvalue weighted by Crippen LogP contribution is -2.44. The summed E-state index contributed by atoms with van der Waals surface area (Å²) < 4.78 is 85.4. The molecule has 3 saturated heterocycles. The molecule has 10 atom stereocenters. The summed E-state index contributed by atoms with van der Waals surface area (Å²) in [4.78, 5) is 45.4. The number of aromatic nitrogens is 8. The van der Waals surface area contributed by atoms with Gasteiger partial charge in [0.25, 0.3) is 5.56 Å². The maximum Gasteiger partial charge on any atom is 0.325 e. The Balaban J connectivity index is 1.23. The molecule has 2 unspecified atom stereocenters. The number of hydrogen-bond acceptors (Lipinski definition) is 15. The summed E-state index contributed by atoms with van der Waals surface area (Å²) >= 11 is 5.15. The number of nitrogens with two attached hydrogens (primary N) is 2. The van der Waals surface area contributed by atoms with Crippen molar-refractivity contribution < 1.29 is 40.6 Å². The van der Waals surface area contributed by atoms with Gasteiger partial charge in [0.15, 0.2) is 57.3 Å². The van der Waals surface area contributed by atoms with Crippen molar-refractivity contribution in [1.82, 2.24) is 39.0 Å². The third kappa shape index (κ3) is 4.90. The Morgan fingerprint density at radius 1 is 1.04 bits per heavy atom. The van der Waals surface area contributed by atoms with Crippen molar-refractivity contribution in [2.45, 2.75) is 67.0 Å². The summed E-state index contributed by atoms with van der Waals surface area (Å²) in [5.41, 5.74) is 10.8. The Bertz CT molecular complexity index is 2030. The number of sulfone groups is 1. The average molecular weight is 691 g/mol. The molecule has 45 heavy (non-hydrogen) atoms. The number of H-pyrrole nitrogens is 1. The van der Waals surface area contributed by atoms with Crippen molar-refractivity contribution >= 4 is 62.5 Å². The Kier molecular flexibility index (Phi) is 7.20. The topological polar surface area (TPSA) is 250 Å². The normalized spacial score (nSPS) is 36.9. The zero-order valence-corrected chi connectivity index (χ0v) is 25.5. The van der Waals surface area contributed by atoms with E-state index in [2.05, 4.69) is 29.9 Å². The van der Waals surface area contributed by atoms with Crippen LogP contribution in [-0.2, 0) is 40.2 Å². The first-order valence-corrected chi connectivity index (χ1v) is 17.6. The Hall–Kier alpha value is -3.24. The molecule has 6 N–H and O–H groups in total. The highest BCUT2D eigenvalue weighted by molar-refractivity contribution is 8.07. The van der Waals surface area contributed by atoms with Crippen molar-refractivity contribution in [1.29, 1.82) is 0 Å². The van der Waals surface area contributed by atoms with Crippen LogP contribution in [0.2, 0.25) is 0 Å². The van der Waals surface area contributed by atoms with Crippen LogP contribution in [0.3, 0.4) is 0 Å². The third-order valence-electron chi connectivity index (χ3n) is 8.08. The summed E-state index contributed by atoms with van der Waals surface area (Å²) in [6.07, 6.45) is -8.65. The number of imidazole rings is 2. The van der Waals surface area contributed by atoms with Crippen LogP contribution in [-0.4, -0.2) is 100 Å². The van der Waals surface area contributed by atoms with Crippen molar-refractivity contribution in [2.24, 2.45) is 0 Å². The van der Waals surface area contributed by atoms with E-state index in [0.29, 0.717) is 0 Å². The number of fused-ring (bicyclic) bond motifs is 4. The van der Waals surface area contributed by atoms with Gasteiger partial charge in [-0.05, 0) is 25.2 Å². The molecule has 7 rings (SSSR count). The fourth-order valence-corrected chi connectivity index (χ4v) is 9.44. The molecular weight excluding hydrogens is 665 g/mol. The largest absolute Gasteiger partial charge is 0.382 e. The predicted molar refractivity (Wildman–Crippen MR) is 154 cm³/mol. The molecule has 0 amide bonds. The van der Waals surface area contributed by atoms with Crippen LogP contribution >= 0.6 is 6.72 Å². The summed E-state index contributed by atoms with van der Waals surface area (Å²) in [6.45, 7) is -3.72. The monoisotopic (exact) mass is 690 g/mol. The summed E-state index contributed by atoms with van der Waals surface area (Å²) in [5, 5.41) is -3.19. The molecule has 0 spiro atoms. The Labute approximate surface area is 256 Å². The van der Waals surface area contributed by atoms with Crippen molar-refractivity contribution in [2.75, 3.05) is 18.1 Å². The quantitative estimate of drug-likeness (QED) is 0.199. The van der Waals surface area contributed by atoms with Gasteiger partial charge in [0.1, 0.15) is 29.3 Å². The fraction of sp³-hybridized carbons (Fsp3) is 0.545. The molecule has 0 aliphatic carbocycles. The molecule has 18 nitrogen and oxygen atoms in total. The summed E-state index contributed by atoms with van der Waals surface area (Å²) in [6, 6.07) is 0. The van der Waals surface area contributed by atoms with Gasteiger partial charge < -0.3 is 30.4 Å². The molecule has 7 heterocycles. The minimum absolute atomic E-state index is 0.0415. The van der Waals surface area contributed by atoms with Crippen LogP contribution in [0.4, 0.5) is 20.5 Å². The standard InChI is InChI=1S/C22H25F2N10O8PS2/c1-7-2-8-14(10(23)20(40-8)33-5-29-12-16(25)27-4-28-17(12)33)42-43(36,44)39-3-9-15(45(7,37)38)11(24)21(41-9)34-6-30-13-18(34)31-22(26)32-19(13)35/h4-11,14-15,20-21H,2-3H2,1H3,(H,36,44)(H2,25,27,28)(H3,26,31,32,35)/t7?,8-,9-,10-,11-,14-,15-,20-,21-,43?/m1/s1. The average Bonchev–Trinajstić information content (AvgIpc) is 3.72. The van der Waals surface area contributed by atoms with Crippen molar-refractivity contribution in [3.8, 4) is 0 Å². The van der Waals surface area contributed by atoms with Crippen LogP contribution < -0.4 is 17.0 Å². The fourth-order valence-electron chi connectivity index (χ4n) is 5.95. The van der Waals surface area contributed by atoms with E-state index in [1.165, 1.54) is 17.8 Å². The number of ether oxygens (including phenoxy) is 2. The highest BCUT2D eigenvalue weighted by atomic mass is 32.5. The molecular formula is C22H25F2N10O8PS2. The van der Waals surface area contributed by atoms with Crippen molar-refractivity contribution in [3.05, 3.63) is 29.3 Å². The number of nitrogens with one attached hydrogen (secondary N) is 1. The van der Waals surface area contributed by atoms with Gasteiger partial charge in [0.2, 0.25) is 5.95 Å². The zero-order valence-electron chi connectivity index (χ0n) is 23.0. The predicted octanol–water partition coefficient (Wildman–Crippen LogP) is -0.211. The highest BCUT2D eigenvalue weighted by Crippen LogP contribution is 2.52. The molecule has 0 bridgehead atoms. The summed E-state index contributed by atoms with van der Waals surface area (Å²) in [7, 11) is -4.45. The van der Waals surface area contributed by atoms with Gasteiger partial charge in [0.05, 0.1) is 30.6 Å². The highest BCUT2D eigenvalue weighted by Gasteiger charge is 2.57. The number of halogens is 2. The lowest BCUT2D eigenvalue weighted by atomic mass is 10.1. The molecule has 4 aromatic heterocycles. The molecule has 0 radical (unpaired) electrons. The maximum atomic E-state index is 16.3. The molecule has 242 valence electrons. The molecule has 0 aromatic carbocycles. The smallest absolute Gasteiger partial charge is 0.325 e. The van der Waals surface area contributed by atoms with E-state index in [-0.39, 0.29) is 40.5 Å².